The number of aliphatic imine (C=N–C) groups is 1. The molecule has 0 spiro atoms. The van der Waals surface area contributed by atoms with Crippen molar-refractivity contribution < 1.29 is 9.59 Å². The van der Waals surface area contributed by atoms with Gasteiger partial charge in [-0.25, -0.2) is 0 Å². The Kier molecular flexibility index (Phi) is 5.19. The first kappa shape index (κ1) is 20.0. The summed E-state index contributed by atoms with van der Waals surface area (Å²) in [6.07, 6.45) is 1.73. The Hall–Kier alpha value is -2.27. The molecule has 2 heterocycles. The molecule has 1 aromatic heterocycles. The molecule has 2 aromatic rings. The molecule has 1 aliphatic carbocycles. The Labute approximate surface area is 176 Å². The highest BCUT2D eigenvalue weighted by molar-refractivity contribution is 7.10. The largest absolute Gasteiger partial charge is 0.301 e. The van der Waals surface area contributed by atoms with Gasteiger partial charge in [0.05, 0.1) is 23.3 Å². The Morgan fingerprint density at radius 3 is 2.66 bits per heavy atom. The predicted molar refractivity (Wildman–Crippen MR) is 119 cm³/mol. The Morgan fingerprint density at radius 2 is 1.97 bits per heavy atom. The molecular formula is C24H28N2O2S. The van der Waals surface area contributed by atoms with Crippen LogP contribution in [0.25, 0.3) is 0 Å². The van der Waals surface area contributed by atoms with Gasteiger partial charge in [0.1, 0.15) is 5.78 Å². The van der Waals surface area contributed by atoms with Crippen molar-refractivity contribution in [3.8, 4) is 0 Å². The van der Waals surface area contributed by atoms with Crippen molar-refractivity contribution in [2.45, 2.75) is 53.0 Å². The molecule has 2 unspecified atom stereocenters. The van der Waals surface area contributed by atoms with Crippen LogP contribution in [0.5, 0.6) is 0 Å². The number of benzene rings is 1. The second kappa shape index (κ2) is 7.52. The summed E-state index contributed by atoms with van der Waals surface area (Å²) in [7, 11) is 0. The fourth-order valence-electron chi connectivity index (χ4n) is 4.60. The van der Waals surface area contributed by atoms with Crippen molar-refractivity contribution in [3.63, 3.8) is 0 Å². The minimum Gasteiger partial charge on any atom is -0.301 e. The molecule has 1 saturated carbocycles. The Balaban J connectivity index is 1.94. The number of para-hydroxylation sites is 2. The summed E-state index contributed by atoms with van der Waals surface area (Å²) >= 11 is 1.61. The lowest BCUT2D eigenvalue weighted by molar-refractivity contribution is -0.125. The summed E-state index contributed by atoms with van der Waals surface area (Å²) in [5.41, 5.74) is 2.40. The Morgan fingerprint density at radius 1 is 1.21 bits per heavy atom. The SMILES string of the molecule is CC(C)CC(=O)N1c2ccccc2N=C2CC(C)(C)CC(=O)C2C1c1cccs1. The van der Waals surface area contributed by atoms with Crippen LogP contribution in [0.4, 0.5) is 11.4 Å². The van der Waals surface area contributed by atoms with Crippen LogP contribution in [-0.2, 0) is 9.59 Å². The lowest BCUT2D eigenvalue weighted by atomic mass is 9.68. The van der Waals surface area contributed by atoms with Crippen molar-refractivity contribution in [1.29, 1.82) is 0 Å². The third-order valence-corrected chi connectivity index (χ3v) is 6.65. The summed E-state index contributed by atoms with van der Waals surface area (Å²) in [6.45, 7) is 8.36. The zero-order valence-electron chi connectivity index (χ0n) is 17.5. The van der Waals surface area contributed by atoms with Crippen LogP contribution in [0.1, 0.15) is 57.9 Å². The standard InChI is InChI=1S/C24H28N2O2S/c1-15(2)12-21(28)26-18-9-6-5-8-16(18)25-17-13-24(3,4)14-19(27)22(17)23(26)20-10-7-11-29-20/h5-11,15,22-23H,12-14H2,1-4H3. The fourth-order valence-corrected chi connectivity index (χ4v) is 5.45. The number of hydrogen-bond donors (Lipinski definition) is 0. The number of thiophene rings is 1. The van der Waals surface area contributed by atoms with Gasteiger partial charge in [0.25, 0.3) is 0 Å². The third kappa shape index (κ3) is 3.80. The van der Waals surface area contributed by atoms with Gasteiger partial charge < -0.3 is 4.90 Å². The molecule has 0 saturated heterocycles. The molecule has 0 N–H and O–H groups in total. The number of anilines is 1. The van der Waals surface area contributed by atoms with Crippen LogP contribution in [0, 0.1) is 17.3 Å². The summed E-state index contributed by atoms with van der Waals surface area (Å²) in [5.74, 6) is 0.0990. The first-order valence-corrected chi connectivity index (χ1v) is 11.2. The maximum Gasteiger partial charge on any atom is 0.227 e. The number of Topliss-reactive ketones (excluding diaryl/α,β-unsaturated/α-hetero) is 1. The molecule has 1 aliphatic heterocycles. The lowest BCUT2D eigenvalue weighted by Gasteiger charge is -2.40. The van der Waals surface area contributed by atoms with E-state index in [2.05, 4.69) is 27.7 Å². The molecular weight excluding hydrogens is 380 g/mol. The summed E-state index contributed by atoms with van der Waals surface area (Å²) in [4.78, 5) is 34.8. The molecule has 2 atom stereocenters. The highest BCUT2D eigenvalue weighted by Gasteiger charge is 2.48. The van der Waals surface area contributed by atoms with Crippen LogP contribution < -0.4 is 4.90 Å². The van der Waals surface area contributed by atoms with Crippen LogP contribution in [0.2, 0.25) is 0 Å². The molecule has 5 heteroatoms. The van der Waals surface area contributed by atoms with E-state index in [-0.39, 0.29) is 35.0 Å². The van der Waals surface area contributed by atoms with Crippen LogP contribution >= 0.6 is 11.3 Å². The van der Waals surface area contributed by atoms with Crippen molar-refractivity contribution in [3.05, 3.63) is 46.7 Å². The average Bonchev–Trinajstić information content (AvgIpc) is 3.09. The minimum absolute atomic E-state index is 0.0555. The molecule has 0 bridgehead atoms. The van der Waals surface area contributed by atoms with E-state index in [1.54, 1.807) is 11.3 Å². The molecule has 1 aromatic carbocycles. The number of fused-ring (bicyclic) bond motifs is 2. The maximum atomic E-state index is 13.5. The zero-order valence-corrected chi connectivity index (χ0v) is 18.3. The Bertz CT molecular complexity index is 959. The topological polar surface area (TPSA) is 49.7 Å². The molecule has 0 radical (unpaired) electrons. The summed E-state index contributed by atoms with van der Waals surface area (Å²) in [6, 6.07) is 11.5. The van der Waals surface area contributed by atoms with Crippen molar-refractivity contribution in [2.24, 2.45) is 22.2 Å². The second-order valence-electron chi connectivity index (χ2n) is 9.38. The van der Waals surface area contributed by atoms with Crippen molar-refractivity contribution in [1.82, 2.24) is 0 Å². The molecule has 152 valence electrons. The molecule has 2 aliphatic rings. The van der Waals surface area contributed by atoms with E-state index in [1.165, 1.54) is 0 Å². The van der Waals surface area contributed by atoms with E-state index in [0.29, 0.717) is 12.8 Å². The van der Waals surface area contributed by atoms with Gasteiger partial charge in [-0.05, 0) is 41.3 Å². The van der Waals surface area contributed by atoms with Gasteiger partial charge in [-0.1, -0.05) is 45.9 Å². The molecule has 1 amide bonds. The fraction of sp³-hybridized carbons (Fsp3) is 0.458. The van der Waals surface area contributed by atoms with Gasteiger partial charge in [0.15, 0.2) is 0 Å². The van der Waals surface area contributed by atoms with E-state index in [0.717, 1.165) is 28.4 Å². The first-order chi connectivity index (χ1) is 13.8. The summed E-state index contributed by atoms with van der Waals surface area (Å²) in [5, 5.41) is 2.02. The van der Waals surface area contributed by atoms with E-state index >= 15 is 0 Å². The highest BCUT2D eigenvalue weighted by Crippen LogP contribution is 2.49. The summed E-state index contributed by atoms with van der Waals surface area (Å²) < 4.78 is 0. The number of rotatable bonds is 3. The van der Waals surface area contributed by atoms with Crippen molar-refractivity contribution >= 4 is 40.1 Å². The normalized spacial score (nSPS) is 23.3. The average molecular weight is 409 g/mol. The van der Waals surface area contributed by atoms with Gasteiger partial charge in [0, 0.05) is 23.4 Å². The number of hydrogen-bond acceptors (Lipinski definition) is 4. The number of nitrogens with zero attached hydrogens (tertiary/aromatic N) is 2. The molecule has 1 fully saturated rings. The van der Waals surface area contributed by atoms with Gasteiger partial charge >= 0.3 is 0 Å². The van der Waals surface area contributed by atoms with Gasteiger partial charge in [0.2, 0.25) is 5.91 Å². The van der Waals surface area contributed by atoms with E-state index in [4.69, 9.17) is 4.99 Å². The highest BCUT2D eigenvalue weighted by atomic mass is 32.1. The molecule has 4 rings (SSSR count). The minimum atomic E-state index is -0.384. The molecule has 4 nitrogen and oxygen atoms in total. The monoisotopic (exact) mass is 408 g/mol. The predicted octanol–water partition coefficient (Wildman–Crippen LogP) is 5.96. The van der Waals surface area contributed by atoms with Crippen LogP contribution in [-0.4, -0.2) is 17.4 Å². The third-order valence-electron chi connectivity index (χ3n) is 5.70. The number of amides is 1. The number of carbonyl (C=O) groups is 2. The molecule has 29 heavy (non-hydrogen) atoms. The van der Waals surface area contributed by atoms with Crippen molar-refractivity contribution in [2.75, 3.05) is 4.90 Å². The zero-order chi connectivity index (χ0) is 20.8. The van der Waals surface area contributed by atoms with E-state index < -0.39 is 0 Å². The lowest BCUT2D eigenvalue weighted by Crippen LogP contribution is -2.47. The van der Waals surface area contributed by atoms with Gasteiger partial charge in [-0.15, -0.1) is 11.3 Å². The second-order valence-corrected chi connectivity index (χ2v) is 10.4. The van der Waals surface area contributed by atoms with Gasteiger partial charge in [-0.2, -0.15) is 0 Å². The van der Waals surface area contributed by atoms with Crippen LogP contribution in [0.15, 0.2) is 46.8 Å². The van der Waals surface area contributed by atoms with Gasteiger partial charge in [-0.3, -0.25) is 14.6 Å². The number of ketones is 1. The quantitative estimate of drug-likeness (QED) is 0.629. The number of carbonyl (C=O) groups excluding carboxylic acids is 2. The van der Waals surface area contributed by atoms with Crippen LogP contribution in [0.3, 0.4) is 0 Å². The maximum absolute atomic E-state index is 13.5. The van der Waals surface area contributed by atoms with E-state index in [9.17, 15) is 9.59 Å². The first-order valence-electron chi connectivity index (χ1n) is 10.3. The smallest absolute Gasteiger partial charge is 0.227 e. The van der Waals surface area contributed by atoms with E-state index in [1.807, 2.05) is 46.7 Å².